The third kappa shape index (κ3) is 2.47. The molecule has 1 atom stereocenters. The first-order valence-electron chi connectivity index (χ1n) is 3.85. The summed E-state index contributed by atoms with van der Waals surface area (Å²) < 4.78 is 37.1. The number of aliphatic imine (C=N–C) groups is 1. The SMILES string of the molecule is N#CCC1=C(C(F)(F)F)C=NC(C#N)N1. The van der Waals surface area contributed by atoms with Crippen LogP contribution >= 0.6 is 0 Å². The van der Waals surface area contributed by atoms with Gasteiger partial charge in [0.25, 0.3) is 0 Å². The third-order valence-electron chi connectivity index (χ3n) is 1.67. The lowest BCUT2D eigenvalue weighted by atomic mass is 10.1. The van der Waals surface area contributed by atoms with E-state index in [1.54, 1.807) is 12.1 Å². The molecular weight excluding hydrogens is 209 g/mol. The predicted octanol–water partition coefficient (Wildman–Crippen LogP) is 1.24. The summed E-state index contributed by atoms with van der Waals surface area (Å²) in [6, 6.07) is 3.24. The lowest BCUT2D eigenvalue weighted by Gasteiger charge is -2.20. The minimum absolute atomic E-state index is 0.313. The molecule has 0 spiro atoms. The van der Waals surface area contributed by atoms with E-state index in [1.165, 1.54) is 0 Å². The van der Waals surface area contributed by atoms with Crippen molar-refractivity contribution < 1.29 is 13.2 Å². The molecule has 0 aromatic heterocycles. The lowest BCUT2D eigenvalue weighted by Crippen LogP contribution is -2.33. The molecule has 1 heterocycles. The molecule has 0 aliphatic carbocycles. The lowest BCUT2D eigenvalue weighted by molar-refractivity contribution is -0.0870. The Bertz CT molecular complexity index is 394. The number of alkyl halides is 3. The monoisotopic (exact) mass is 214 g/mol. The van der Waals surface area contributed by atoms with Crippen LogP contribution < -0.4 is 5.32 Å². The van der Waals surface area contributed by atoms with Crippen molar-refractivity contribution in [3.05, 3.63) is 11.3 Å². The highest BCUT2D eigenvalue weighted by Crippen LogP contribution is 2.28. The summed E-state index contributed by atoms with van der Waals surface area (Å²) in [5.41, 5.74) is -1.32. The largest absolute Gasteiger partial charge is 0.419 e. The molecule has 1 aliphatic rings. The van der Waals surface area contributed by atoms with E-state index in [9.17, 15) is 13.2 Å². The summed E-state index contributed by atoms with van der Waals surface area (Å²) in [6.45, 7) is 0. The van der Waals surface area contributed by atoms with Gasteiger partial charge in [-0.2, -0.15) is 23.7 Å². The first-order valence-corrected chi connectivity index (χ1v) is 3.85. The minimum Gasteiger partial charge on any atom is -0.354 e. The topological polar surface area (TPSA) is 72.0 Å². The number of nitrogens with zero attached hydrogens (tertiary/aromatic N) is 3. The second kappa shape index (κ2) is 4.01. The number of hydrogen-bond donors (Lipinski definition) is 1. The second-order valence-electron chi connectivity index (χ2n) is 2.68. The average molecular weight is 214 g/mol. The van der Waals surface area contributed by atoms with Gasteiger partial charge in [-0.3, -0.25) is 4.99 Å². The normalized spacial score (nSPS) is 20.5. The first kappa shape index (κ1) is 11.1. The van der Waals surface area contributed by atoms with E-state index in [2.05, 4.69) is 10.3 Å². The van der Waals surface area contributed by atoms with Crippen LogP contribution in [0.1, 0.15) is 6.42 Å². The van der Waals surface area contributed by atoms with Crippen LogP contribution in [-0.4, -0.2) is 18.6 Å². The molecule has 1 N–H and O–H groups in total. The van der Waals surface area contributed by atoms with Crippen LogP contribution in [0, 0.1) is 22.7 Å². The Morgan fingerprint density at radius 2 is 2.13 bits per heavy atom. The van der Waals surface area contributed by atoms with Gasteiger partial charge in [-0.1, -0.05) is 0 Å². The third-order valence-corrected chi connectivity index (χ3v) is 1.67. The van der Waals surface area contributed by atoms with Crippen molar-refractivity contribution in [1.29, 1.82) is 10.5 Å². The Morgan fingerprint density at radius 3 is 2.60 bits per heavy atom. The van der Waals surface area contributed by atoms with Crippen molar-refractivity contribution in [2.75, 3.05) is 0 Å². The summed E-state index contributed by atoms with van der Waals surface area (Å²) in [6.07, 6.45) is -5.47. The zero-order valence-corrected chi connectivity index (χ0v) is 7.34. The van der Waals surface area contributed by atoms with Gasteiger partial charge in [-0.15, -0.1) is 0 Å². The van der Waals surface area contributed by atoms with Crippen LogP contribution in [0.4, 0.5) is 13.2 Å². The van der Waals surface area contributed by atoms with Gasteiger partial charge < -0.3 is 5.32 Å². The van der Waals surface area contributed by atoms with Gasteiger partial charge in [-0.25, -0.2) is 0 Å². The standard InChI is InChI=1S/C8H5F3N4/c9-8(10,11)5-4-14-7(3-13)15-6(5)1-2-12/h4,7,15H,1H2. The highest BCUT2D eigenvalue weighted by molar-refractivity contribution is 5.82. The number of nitriles is 2. The van der Waals surface area contributed by atoms with Crippen molar-refractivity contribution >= 4 is 6.21 Å². The second-order valence-corrected chi connectivity index (χ2v) is 2.68. The van der Waals surface area contributed by atoms with Crippen LogP contribution in [0.3, 0.4) is 0 Å². The van der Waals surface area contributed by atoms with Gasteiger partial charge in [0.15, 0.2) is 0 Å². The van der Waals surface area contributed by atoms with Crippen molar-refractivity contribution in [2.45, 2.75) is 18.8 Å². The molecule has 0 fully saturated rings. The maximum atomic E-state index is 12.4. The van der Waals surface area contributed by atoms with Crippen LogP contribution in [0.2, 0.25) is 0 Å². The fourth-order valence-corrected chi connectivity index (χ4v) is 1.04. The van der Waals surface area contributed by atoms with Crippen molar-refractivity contribution in [1.82, 2.24) is 5.32 Å². The molecule has 4 nitrogen and oxygen atoms in total. The van der Waals surface area contributed by atoms with Gasteiger partial charge in [-0.05, 0) is 0 Å². The molecule has 78 valence electrons. The van der Waals surface area contributed by atoms with Gasteiger partial charge in [0, 0.05) is 11.9 Å². The molecule has 7 heteroatoms. The fourth-order valence-electron chi connectivity index (χ4n) is 1.04. The number of nitrogens with one attached hydrogen (secondary N) is 1. The summed E-state index contributed by atoms with van der Waals surface area (Å²) in [7, 11) is 0. The van der Waals surface area contributed by atoms with E-state index in [4.69, 9.17) is 10.5 Å². The minimum atomic E-state index is -4.57. The summed E-state index contributed by atoms with van der Waals surface area (Å²) in [5.74, 6) is 0. The van der Waals surface area contributed by atoms with Crippen LogP contribution in [0.25, 0.3) is 0 Å². The molecule has 15 heavy (non-hydrogen) atoms. The molecule has 0 saturated heterocycles. The van der Waals surface area contributed by atoms with E-state index >= 15 is 0 Å². The Kier molecular flexibility index (Phi) is 2.96. The van der Waals surface area contributed by atoms with E-state index in [-0.39, 0.29) is 5.70 Å². The molecule has 0 radical (unpaired) electrons. The summed E-state index contributed by atoms with van der Waals surface area (Å²) in [5, 5.41) is 19.0. The van der Waals surface area contributed by atoms with Crippen LogP contribution in [0.15, 0.2) is 16.3 Å². The van der Waals surface area contributed by atoms with Crippen molar-refractivity contribution in [3.8, 4) is 12.1 Å². The molecule has 0 aromatic rings. The highest BCUT2D eigenvalue weighted by Gasteiger charge is 2.37. The Balaban J connectivity index is 3.05. The van der Waals surface area contributed by atoms with Crippen molar-refractivity contribution in [2.24, 2.45) is 4.99 Å². The fraction of sp³-hybridized carbons (Fsp3) is 0.375. The average Bonchev–Trinajstić information content (AvgIpc) is 2.16. The zero-order valence-electron chi connectivity index (χ0n) is 7.34. The summed E-state index contributed by atoms with van der Waals surface area (Å²) >= 11 is 0. The molecule has 0 aromatic carbocycles. The van der Waals surface area contributed by atoms with Gasteiger partial charge in [0.2, 0.25) is 6.17 Å². The maximum Gasteiger partial charge on any atom is 0.419 e. The van der Waals surface area contributed by atoms with Crippen molar-refractivity contribution in [3.63, 3.8) is 0 Å². The van der Waals surface area contributed by atoms with Gasteiger partial charge >= 0.3 is 6.18 Å². The predicted molar refractivity (Wildman–Crippen MR) is 44.3 cm³/mol. The summed E-state index contributed by atoms with van der Waals surface area (Å²) in [4.78, 5) is 3.34. The molecule has 0 amide bonds. The molecular formula is C8H5F3N4. The first-order chi connectivity index (χ1) is 6.99. The van der Waals surface area contributed by atoms with Gasteiger partial charge in [0.1, 0.15) is 6.07 Å². The zero-order chi connectivity index (χ0) is 11.5. The number of hydrogen-bond acceptors (Lipinski definition) is 4. The maximum absolute atomic E-state index is 12.4. The quantitative estimate of drug-likeness (QED) is 0.713. The van der Waals surface area contributed by atoms with E-state index in [0.717, 1.165) is 0 Å². The molecule has 0 saturated carbocycles. The smallest absolute Gasteiger partial charge is 0.354 e. The molecule has 1 rings (SSSR count). The van der Waals surface area contributed by atoms with Crippen LogP contribution in [-0.2, 0) is 0 Å². The molecule has 0 bridgehead atoms. The van der Waals surface area contributed by atoms with E-state index < -0.39 is 24.3 Å². The molecule has 1 unspecified atom stereocenters. The Labute approximate surface area is 83.3 Å². The van der Waals surface area contributed by atoms with Gasteiger partial charge in [0.05, 0.1) is 18.1 Å². The number of rotatable bonds is 1. The number of allylic oxidation sites excluding steroid dienone is 2. The number of halogens is 3. The Hall–Kier alpha value is -2.02. The molecule has 1 aliphatic heterocycles. The Morgan fingerprint density at radius 1 is 1.47 bits per heavy atom. The highest BCUT2D eigenvalue weighted by atomic mass is 19.4. The van der Waals surface area contributed by atoms with E-state index in [1.807, 2.05) is 0 Å². The van der Waals surface area contributed by atoms with E-state index in [0.29, 0.717) is 6.21 Å². The van der Waals surface area contributed by atoms with Crippen LogP contribution in [0.5, 0.6) is 0 Å².